The van der Waals surface area contributed by atoms with Crippen molar-refractivity contribution in [2.75, 3.05) is 0 Å². The van der Waals surface area contributed by atoms with Gasteiger partial charge in [-0.2, -0.15) is 0 Å². The van der Waals surface area contributed by atoms with E-state index in [1.165, 1.54) is 31.0 Å². The number of rotatable bonds is 3. The van der Waals surface area contributed by atoms with E-state index in [4.69, 9.17) is 9.84 Å². The molecule has 19 heavy (non-hydrogen) atoms. The molecule has 0 aliphatic heterocycles. The van der Waals surface area contributed by atoms with Gasteiger partial charge in [-0.3, -0.25) is 9.38 Å². The highest BCUT2D eigenvalue weighted by atomic mass is 16.5. The van der Waals surface area contributed by atoms with Crippen molar-refractivity contribution in [2.45, 2.75) is 0 Å². The third-order valence-corrected chi connectivity index (χ3v) is 2.40. The highest BCUT2D eigenvalue weighted by Crippen LogP contribution is 2.24. The van der Waals surface area contributed by atoms with E-state index < -0.39 is 5.97 Å². The Kier molecular flexibility index (Phi) is 2.53. The number of hydrogen-bond donors (Lipinski definition) is 1. The molecule has 0 unspecified atom stereocenters. The standard InChI is InChI=1S/C11H7N5O3/c17-11(18)7-1-2-12-5-8(7)19-10-9-15-14-6-16(9)4-3-13-10/h1-6H,(H,17,18). The van der Waals surface area contributed by atoms with Gasteiger partial charge in [0.05, 0.1) is 6.20 Å². The van der Waals surface area contributed by atoms with Crippen LogP contribution in [-0.4, -0.2) is 35.6 Å². The Morgan fingerprint density at radius 3 is 3.11 bits per heavy atom. The van der Waals surface area contributed by atoms with Crippen molar-refractivity contribution in [3.8, 4) is 11.6 Å². The summed E-state index contributed by atoms with van der Waals surface area (Å²) in [5.41, 5.74) is 0.390. The molecule has 3 aromatic heterocycles. The number of carboxylic acids is 1. The summed E-state index contributed by atoms with van der Waals surface area (Å²) in [5, 5.41) is 16.6. The van der Waals surface area contributed by atoms with Gasteiger partial charge in [0.1, 0.15) is 11.9 Å². The van der Waals surface area contributed by atoms with E-state index in [1.54, 1.807) is 10.6 Å². The monoisotopic (exact) mass is 257 g/mol. The van der Waals surface area contributed by atoms with Gasteiger partial charge in [0.15, 0.2) is 5.75 Å². The minimum Gasteiger partial charge on any atom is -0.478 e. The van der Waals surface area contributed by atoms with Crippen molar-refractivity contribution in [2.24, 2.45) is 0 Å². The van der Waals surface area contributed by atoms with Crippen molar-refractivity contribution in [3.63, 3.8) is 0 Å². The molecule has 3 aromatic rings. The highest BCUT2D eigenvalue weighted by Gasteiger charge is 2.14. The van der Waals surface area contributed by atoms with Crippen LogP contribution < -0.4 is 4.74 Å². The second kappa shape index (κ2) is 4.33. The molecule has 3 rings (SSSR count). The zero-order valence-corrected chi connectivity index (χ0v) is 9.46. The van der Waals surface area contributed by atoms with Crippen LogP contribution in [0.25, 0.3) is 5.65 Å². The fourth-order valence-corrected chi connectivity index (χ4v) is 1.55. The molecule has 0 bridgehead atoms. The first-order valence-corrected chi connectivity index (χ1v) is 5.25. The van der Waals surface area contributed by atoms with Crippen LogP contribution in [0.1, 0.15) is 10.4 Å². The molecule has 0 fully saturated rings. The summed E-state index contributed by atoms with van der Waals surface area (Å²) >= 11 is 0. The van der Waals surface area contributed by atoms with Crippen molar-refractivity contribution in [3.05, 3.63) is 42.7 Å². The third kappa shape index (κ3) is 1.95. The van der Waals surface area contributed by atoms with E-state index in [0.29, 0.717) is 5.65 Å². The van der Waals surface area contributed by atoms with Gasteiger partial charge in [0.25, 0.3) is 5.88 Å². The lowest BCUT2D eigenvalue weighted by Crippen LogP contribution is -2.02. The first-order valence-electron chi connectivity index (χ1n) is 5.25. The molecular weight excluding hydrogens is 250 g/mol. The van der Waals surface area contributed by atoms with Crippen LogP contribution in [0, 0.1) is 0 Å². The van der Waals surface area contributed by atoms with E-state index in [-0.39, 0.29) is 17.2 Å². The van der Waals surface area contributed by atoms with Crippen LogP contribution >= 0.6 is 0 Å². The molecule has 0 radical (unpaired) electrons. The maximum atomic E-state index is 11.1. The number of ether oxygens (including phenoxy) is 1. The molecule has 0 aromatic carbocycles. The molecule has 0 aliphatic rings. The Balaban J connectivity index is 2.06. The lowest BCUT2D eigenvalue weighted by Gasteiger charge is -2.07. The van der Waals surface area contributed by atoms with Crippen LogP contribution in [0.15, 0.2) is 37.2 Å². The molecule has 0 atom stereocenters. The summed E-state index contributed by atoms with van der Waals surface area (Å²) < 4.78 is 7.07. The normalized spacial score (nSPS) is 10.5. The molecule has 0 spiro atoms. The van der Waals surface area contributed by atoms with E-state index in [9.17, 15) is 4.79 Å². The summed E-state index contributed by atoms with van der Waals surface area (Å²) in [7, 11) is 0. The second-order valence-corrected chi connectivity index (χ2v) is 3.57. The molecular formula is C11H7N5O3. The van der Waals surface area contributed by atoms with Gasteiger partial charge in [-0.25, -0.2) is 9.78 Å². The molecule has 8 nitrogen and oxygen atoms in total. The fourth-order valence-electron chi connectivity index (χ4n) is 1.55. The fraction of sp³-hybridized carbons (Fsp3) is 0. The van der Waals surface area contributed by atoms with E-state index in [2.05, 4.69) is 20.2 Å². The van der Waals surface area contributed by atoms with Gasteiger partial charge in [0.2, 0.25) is 5.65 Å². The number of nitrogens with zero attached hydrogens (tertiary/aromatic N) is 5. The van der Waals surface area contributed by atoms with Gasteiger partial charge >= 0.3 is 5.97 Å². The average molecular weight is 257 g/mol. The summed E-state index contributed by atoms with van der Waals surface area (Å²) in [6.07, 6.45) is 7.34. The van der Waals surface area contributed by atoms with Crippen LogP contribution in [-0.2, 0) is 0 Å². The lowest BCUT2D eigenvalue weighted by atomic mass is 10.2. The second-order valence-electron chi connectivity index (χ2n) is 3.57. The summed E-state index contributed by atoms with van der Waals surface area (Å²) in [6.45, 7) is 0. The smallest absolute Gasteiger partial charge is 0.339 e. The van der Waals surface area contributed by atoms with Crippen molar-refractivity contribution >= 4 is 11.6 Å². The van der Waals surface area contributed by atoms with Crippen LogP contribution in [0.5, 0.6) is 11.6 Å². The minimum absolute atomic E-state index is 0.00156. The molecule has 0 aliphatic carbocycles. The maximum Gasteiger partial charge on any atom is 0.339 e. The summed E-state index contributed by atoms with van der Waals surface area (Å²) in [5.74, 6) is -0.847. The zero-order chi connectivity index (χ0) is 13.2. The largest absolute Gasteiger partial charge is 0.478 e. The molecule has 0 amide bonds. The van der Waals surface area contributed by atoms with Crippen molar-refractivity contribution in [1.82, 2.24) is 24.6 Å². The molecule has 0 saturated carbocycles. The Bertz CT molecular complexity index is 755. The quantitative estimate of drug-likeness (QED) is 0.746. The van der Waals surface area contributed by atoms with Crippen LogP contribution in [0.4, 0.5) is 0 Å². The van der Waals surface area contributed by atoms with E-state index >= 15 is 0 Å². The van der Waals surface area contributed by atoms with Gasteiger partial charge in [-0.15, -0.1) is 10.2 Å². The molecule has 94 valence electrons. The number of aromatic nitrogens is 5. The Hall–Kier alpha value is -3.03. The predicted octanol–water partition coefficient (Wildman–Crippen LogP) is 1.01. The van der Waals surface area contributed by atoms with Crippen molar-refractivity contribution in [1.29, 1.82) is 0 Å². The summed E-state index contributed by atoms with van der Waals surface area (Å²) in [6, 6.07) is 1.35. The molecule has 0 saturated heterocycles. The molecule has 1 N–H and O–H groups in total. The van der Waals surface area contributed by atoms with Gasteiger partial charge in [-0.05, 0) is 6.07 Å². The van der Waals surface area contributed by atoms with Gasteiger partial charge in [0, 0.05) is 18.6 Å². The third-order valence-electron chi connectivity index (χ3n) is 2.40. The topological polar surface area (TPSA) is 102 Å². The highest BCUT2D eigenvalue weighted by molar-refractivity contribution is 5.90. The van der Waals surface area contributed by atoms with E-state index in [0.717, 1.165) is 0 Å². The first-order chi connectivity index (χ1) is 9.25. The predicted molar refractivity (Wildman–Crippen MR) is 62.1 cm³/mol. The summed E-state index contributed by atoms with van der Waals surface area (Å²) in [4.78, 5) is 18.9. The Morgan fingerprint density at radius 1 is 1.37 bits per heavy atom. The van der Waals surface area contributed by atoms with Gasteiger partial charge < -0.3 is 9.84 Å². The van der Waals surface area contributed by atoms with Crippen LogP contribution in [0.2, 0.25) is 0 Å². The first kappa shape index (κ1) is 11.1. The maximum absolute atomic E-state index is 11.1. The zero-order valence-electron chi connectivity index (χ0n) is 9.46. The van der Waals surface area contributed by atoms with Crippen LogP contribution in [0.3, 0.4) is 0 Å². The number of pyridine rings is 1. The number of carbonyl (C=O) groups is 1. The molecule has 3 heterocycles. The lowest BCUT2D eigenvalue weighted by molar-refractivity contribution is 0.0694. The van der Waals surface area contributed by atoms with Crippen molar-refractivity contribution < 1.29 is 14.6 Å². The minimum atomic E-state index is -1.11. The van der Waals surface area contributed by atoms with Gasteiger partial charge in [-0.1, -0.05) is 0 Å². The SMILES string of the molecule is O=C(O)c1ccncc1Oc1nccn2cnnc12. The Morgan fingerprint density at radius 2 is 2.26 bits per heavy atom. The molecule has 8 heteroatoms. The number of fused-ring (bicyclic) bond motifs is 1. The number of carboxylic acid groups (broad SMARTS) is 1. The number of aromatic carboxylic acids is 1. The number of hydrogen-bond acceptors (Lipinski definition) is 6. The average Bonchev–Trinajstić information content (AvgIpc) is 2.88. The Labute approximate surface area is 106 Å². The van der Waals surface area contributed by atoms with E-state index in [1.807, 2.05) is 0 Å².